The molecule has 3 fully saturated rings. The van der Waals surface area contributed by atoms with Crippen molar-refractivity contribution in [1.29, 1.82) is 0 Å². The van der Waals surface area contributed by atoms with E-state index in [1.165, 1.54) is 41.3 Å². The van der Waals surface area contributed by atoms with Crippen LogP contribution in [0.15, 0.2) is 59.1 Å². The number of hydrogen-bond acceptors (Lipinski definition) is 12. The lowest BCUT2D eigenvalue weighted by atomic mass is 9.79. The van der Waals surface area contributed by atoms with Crippen LogP contribution in [0.2, 0.25) is 0 Å². The molecule has 1 N–H and O–H groups in total. The Balaban J connectivity index is 1.01. The van der Waals surface area contributed by atoms with Gasteiger partial charge in [0.05, 0.1) is 27.9 Å². The number of esters is 1. The van der Waals surface area contributed by atoms with Gasteiger partial charge < -0.3 is 29.3 Å². The second-order valence-electron chi connectivity index (χ2n) is 13.7. The molecule has 51 heavy (non-hydrogen) atoms. The van der Waals surface area contributed by atoms with Crippen molar-refractivity contribution < 1.29 is 38.8 Å². The van der Waals surface area contributed by atoms with E-state index < -0.39 is 33.9 Å². The second-order valence-corrected chi connectivity index (χ2v) is 15.0. The maximum absolute atomic E-state index is 13.6. The van der Waals surface area contributed by atoms with Crippen LogP contribution in [-0.2, 0) is 32.3 Å². The molecule has 16 heteroatoms. The van der Waals surface area contributed by atoms with Crippen molar-refractivity contribution in [2.24, 2.45) is 17.8 Å². The molecule has 0 aliphatic carbocycles. The fourth-order valence-corrected chi connectivity index (χ4v) is 8.97. The molecular formula is C35H41N5O10S. The number of nitrogens with zero attached hydrogens (tertiary/aromatic N) is 5. The number of fused-ring (bicyclic) bond motifs is 1. The zero-order chi connectivity index (χ0) is 36.4. The van der Waals surface area contributed by atoms with E-state index in [9.17, 15) is 39.7 Å². The Morgan fingerprint density at radius 3 is 2.04 bits per heavy atom. The van der Waals surface area contributed by atoms with E-state index in [0.717, 1.165) is 43.8 Å². The van der Waals surface area contributed by atoms with Gasteiger partial charge in [-0.25, -0.2) is 9.59 Å². The Morgan fingerprint density at radius 2 is 1.49 bits per heavy atom. The Morgan fingerprint density at radius 1 is 0.922 bits per heavy atom. The fraction of sp³-hybridized carbons (Fsp3) is 0.514. The molecule has 0 bridgehead atoms. The Labute approximate surface area is 298 Å². The summed E-state index contributed by atoms with van der Waals surface area (Å²) in [5.74, 6) is -1.27. The normalized spacial score (nSPS) is 24.3. The Bertz CT molecular complexity index is 1690. The highest BCUT2D eigenvalue weighted by molar-refractivity contribution is 8.03. The number of aliphatic hydroxyl groups is 1. The Hall–Kier alpha value is -4.54. The summed E-state index contributed by atoms with van der Waals surface area (Å²) in [4.78, 5) is 66.7. The number of likely N-dealkylation sites (tertiary alicyclic amines) is 2. The monoisotopic (exact) mass is 723 g/mol. The van der Waals surface area contributed by atoms with Crippen LogP contribution in [0.3, 0.4) is 0 Å². The van der Waals surface area contributed by atoms with Crippen LogP contribution in [-0.4, -0.2) is 97.7 Å². The molecule has 0 saturated carbocycles. The molecular weight excluding hydrogens is 682 g/mol. The van der Waals surface area contributed by atoms with Gasteiger partial charge in [0.2, 0.25) is 5.91 Å². The summed E-state index contributed by atoms with van der Waals surface area (Å²) in [6.45, 7) is 7.27. The first-order valence-corrected chi connectivity index (χ1v) is 18.0. The van der Waals surface area contributed by atoms with Crippen LogP contribution < -0.4 is 0 Å². The number of hydrogen-bond donors (Lipinski definition) is 1. The molecule has 4 aliphatic rings. The number of nitro groups is 2. The predicted molar refractivity (Wildman–Crippen MR) is 185 cm³/mol. The van der Waals surface area contributed by atoms with Gasteiger partial charge in [-0.05, 0) is 74.0 Å². The molecule has 272 valence electrons. The highest BCUT2D eigenvalue weighted by Crippen LogP contribution is 2.52. The smallest absolute Gasteiger partial charge is 0.410 e. The SMILES string of the molecule is C[C@@H](O)[C@H]1C(=O)N2C(C(=O)OCc3ccc([N+](=O)[O-])cc3)=C(S[C@@H]3CCN(CC4CCN(C(=O)OCc5ccc([N+](=O)[O-])cc5)CC4)C3)[C@H](C)[C@H]12. The van der Waals surface area contributed by atoms with E-state index in [1.807, 2.05) is 6.92 Å². The van der Waals surface area contributed by atoms with E-state index in [4.69, 9.17) is 9.47 Å². The first-order valence-electron chi connectivity index (χ1n) is 17.1. The van der Waals surface area contributed by atoms with Gasteiger partial charge in [-0.1, -0.05) is 6.92 Å². The minimum Gasteiger partial charge on any atom is -0.456 e. The number of ether oxygens (including phenoxy) is 2. The van der Waals surface area contributed by atoms with E-state index in [2.05, 4.69) is 4.90 Å². The zero-order valence-corrected chi connectivity index (χ0v) is 29.2. The number of amides is 2. The number of carbonyl (C=O) groups is 3. The molecule has 0 aromatic heterocycles. The molecule has 3 saturated heterocycles. The molecule has 0 radical (unpaired) electrons. The number of aliphatic hydroxyl groups excluding tert-OH is 1. The molecule has 5 atom stereocenters. The van der Waals surface area contributed by atoms with Gasteiger partial charge in [-0.3, -0.25) is 25.0 Å². The van der Waals surface area contributed by atoms with Gasteiger partial charge in [-0.15, -0.1) is 11.8 Å². The number of carbonyl (C=O) groups excluding carboxylic acids is 3. The molecule has 0 spiro atoms. The first-order chi connectivity index (χ1) is 24.4. The van der Waals surface area contributed by atoms with Gasteiger partial charge in [0.25, 0.3) is 11.4 Å². The van der Waals surface area contributed by atoms with Crippen LogP contribution in [0.4, 0.5) is 16.2 Å². The van der Waals surface area contributed by atoms with Crippen molar-refractivity contribution in [3.8, 4) is 0 Å². The van der Waals surface area contributed by atoms with E-state index >= 15 is 0 Å². The number of piperidine rings is 1. The number of thioether (sulfide) groups is 1. The first kappa shape index (κ1) is 36.3. The molecule has 6 rings (SSSR count). The minimum absolute atomic E-state index is 0.0179. The largest absolute Gasteiger partial charge is 0.456 e. The lowest BCUT2D eigenvalue weighted by Crippen LogP contribution is -2.63. The molecule has 0 unspecified atom stereocenters. The molecule has 2 amide bonds. The van der Waals surface area contributed by atoms with Crippen LogP contribution in [0.1, 0.15) is 44.2 Å². The molecule has 2 aromatic rings. The van der Waals surface area contributed by atoms with Crippen molar-refractivity contribution in [3.05, 3.63) is 90.5 Å². The predicted octanol–water partition coefficient (Wildman–Crippen LogP) is 4.47. The van der Waals surface area contributed by atoms with Crippen molar-refractivity contribution >= 4 is 41.1 Å². The fourth-order valence-electron chi connectivity index (χ4n) is 7.45. The van der Waals surface area contributed by atoms with Crippen molar-refractivity contribution in [2.45, 2.75) is 63.7 Å². The van der Waals surface area contributed by atoms with Gasteiger partial charge in [0.15, 0.2) is 0 Å². The van der Waals surface area contributed by atoms with E-state index in [-0.39, 0.29) is 53.4 Å². The number of nitro benzene ring substituents is 2. The van der Waals surface area contributed by atoms with Gasteiger partial charge in [0.1, 0.15) is 18.9 Å². The highest BCUT2D eigenvalue weighted by atomic mass is 32.2. The summed E-state index contributed by atoms with van der Waals surface area (Å²) in [7, 11) is 0. The van der Waals surface area contributed by atoms with E-state index in [1.54, 1.807) is 35.7 Å². The average Bonchev–Trinajstić information content (AvgIpc) is 3.65. The van der Waals surface area contributed by atoms with Crippen LogP contribution >= 0.6 is 11.8 Å². The number of β-lactam (4-membered cyclic amide) rings is 1. The molecule has 15 nitrogen and oxygen atoms in total. The minimum atomic E-state index is -0.853. The van der Waals surface area contributed by atoms with Crippen LogP contribution in [0.5, 0.6) is 0 Å². The quantitative estimate of drug-likeness (QED) is 0.140. The average molecular weight is 724 g/mol. The third kappa shape index (κ3) is 7.87. The van der Waals surface area contributed by atoms with Gasteiger partial charge in [0, 0.05) is 66.5 Å². The summed E-state index contributed by atoms with van der Waals surface area (Å²) in [5, 5.41) is 32.4. The number of benzene rings is 2. The van der Waals surface area contributed by atoms with Crippen molar-refractivity contribution in [1.82, 2.24) is 14.7 Å². The maximum Gasteiger partial charge on any atom is 0.410 e. The summed E-state index contributed by atoms with van der Waals surface area (Å²) in [6, 6.07) is 11.3. The van der Waals surface area contributed by atoms with Gasteiger partial charge >= 0.3 is 12.1 Å². The lowest BCUT2D eigenvalue weighted by Gasteiger charge is -2.46. The Kier molecular flexibility index (Phi) is 10.9. The van der Waals surface area contributed by atoms with Crippen molar-refractivity contribution in [2.75, 3.05) is 32.7 Å². The van der Waals surface area contributed by atoms with E-state index in [0.29, 0.717) is 30.1 Å². The summed E-state index contributed by atoms with van der Waals surface area (Å²) >= 11 is 1.61. The summed E-state index contributed by atoms with van der Waals surface area (Å²) < 4.78 is 11.1. The molecule has 4 heterocycles. The topological polar surface area (TPSA) is 186 Å². The lowest BCUT2D eigenvalue weighted by molar-refractivity contribution is -0.385. The highest BCUT2D eigenvalue weighted by Gasteiger charge is 2.60. The number of non-ortho nitro benzene ring substituents is 2. The summed E-state index contributed by atoms with van der Waals surface area (Å²) in [5.41, 5.74) is 1.41. The third-order valence-corrected chi connectivity index (χ3v) is 11.8. The standard InChI is InChI=1S/C35H41N5O10S/c1-21-30-29(22(2)41)33(42)38(30)31(34(43)49-19-24-3-7-26(8-4-24)39(45)46)32(21)51-28-13-14-36(18-28)17-23-11-15-37(16-12-23)35(44)50-20-25-5-9-27(10-6-25)40(47)48/h3-10,21-23,28-30,41H,11-20H2,1-2H3/t21-,22-,28-,29-,30-/m1/s1. The summed E-state index contributed by atoms with van der Waals surface area (Å²) in [6.07, 6.45) is 1.33. The van der Waals surface area contributed by atoms with Crippen molar-refractivity contribution in [3.63, 3.8) is 0 Å². The van der Waals surface area contributed by atoms with Crippen LogP contribution in [0.25, 0.3) is 0 Å². The molecule has 2 aromatic carbocycles. The second kappa shape index (κ2) is 15.4. The number of rotatable bonds is 12. The third-order valence-electron chi connectivity index (χ3n) is 10.2. The van der Waals surface area contributed by atoms with Gasteiger partial charge in [-0.2, -0.15) is 0 Å². The molecule has 4 aliphatic heterocycles. The zero-order valence-electron chi connectivity index (χ0n) is 28.4. The maximum atomic E-state index is 13.6. The van der Waals surface area contributed by atoms with Crippen LogP contribution in [0, 0.1) is 38.0 Å².